The van der Waals surface area contributed by atoms with Gasteiger partial charge in [0.1, 0.15) is 12.2 Å². The lowest BCUT2D eigenvalue weighted by Crippen LogP contribution is -2.49. The summed E-state index contributed by atoms with van der Waals surface area (Å²) in [4.78, 5) is 22.9. The van der Waals surface area contributed by atoms with Crippen molar-refractivity contribution in [2.24, 2.45) is 0 Å². The summed E-state index contributed by atoms with van der Waals surface area (Å²) in [5, 5.41) is 0. The van der Waals surface area contributed by atoms with Gasteiger partial charge in [-0.2, -0.15) is 0 Å². The number of rotatable bonds is 3. The van der Waals surface area contributed by atoms with E-state index in [2.05, 4.69) is 22.1 Å². The molecule has 0 unspecified atom stereocenters. The highest BCUT2D eigenvalue weighted by atomic mass is 16.5. The summed E-state index contributed by atoms with van der Waals surface area (Å²) in [6.07, 6.45) is 6.84. The zero-order valence-corrected chi connectivity index (χ0v) is 14.0. The van der Waals surface area contributed by atoms with E-state index in [0.717, 1.165) is 19.4 Å². The number of carbonyl (C=O) groups excluding carboxylic acids is 1. The van der Waals surface area contributed by atoms with Crippen LogP contribution in [0.4, 0.5) is 0 Å². The zero-order valence-electron chi connectivity index (χ0n) is 14.0. The van der Waals surface area contributed by atoms with Gasteiger partial charge in [0.15, 0.2) is 0 Å². The van der Waals surface area contributed by atoms with E-state index < -0.39 is 6.10 Å². The molecule has 1 amide bonds. The third-order valence-electron chi connectivity index (χ3n) is 4.76. The maximum Gasteiger partial charge on any atom is 0.252 e. The highest BCUT2D eigenvalue weighted by molar-refractivity contribution is 5.81. The van der Waals surface area contributed by atoms with Gasteiger partial charge in [-0.05, 0) is 24.0 Å². The summed E-state index contributed by atoms with van der Waals surface area (Å²) in [6, 6.07) is 8.15. The van der Waals surface area contributed by atoms with E-state index in [1.54, 1.807) is 18.6 Å². The first-order valence-electron chi connectivity index (χ1n) is 8.69. The summed E-state index contributed by atoms with van der Waals surface area (Å²) in [5.74, 6) is 0.562. The molecule has 1 aromatic heterocycles. The standard InChI is InChI=1S/C19H21N3O3/c23-19(17-10-14-4-1-2-5-15(14)13-24-17)22-9-3-6-16(12-22)25-18-11-20-7-8-21-18/h1-2,4-5,7-8,11,16-17H,3,6,9-10,12-13H2/t16-,17-/m0/s1. The molecule has 0 spiro atoms. The van der Waals surface area contributed by atoms with Gasteiger partial charge in [-0.3, -0.25) is 9.78 Å². The molecule has 0 radical (unpaired) electrons. The van der Waals surface area contributed by atoms with E-state index in [1.807, 2.05) is 17.0 Å². The SMILES string of the molecule is O=C([C@@H]1Cc2ccccc2CO1)N1CCC[C@H](Oc2cnccn2)C1. The van der Waals surface area contributed by atoms with Crippen molar-refractivity contribution in [2.75, 3.05) is 13.1 Å². The van der Waals surface area contributed by atoms with Crippen LogP contribution in [0.1, 0.15) is 24.0 Å². The number of carbonyl (C=O) groups is 1. The molecule has 1 aromatic carbocycles. The molecule has 0 bridgehead atoms. The maximum absolute atomic E-state index is 12.9. The van der Waals surface area contributed by atoms with E-state index in [0.29, 0.717) is 25.5 Å². The molecular weight excluding hydrogens is 318 g/mol. The van der Waals surface area contributed by atoms with Crippen LogP contribution in [0.25, 0.3) is 0 Å². The van der Waals surface area contributed by atoms with Crippen LogP contribution in [0, 0.1) is 0 Å². The second kappa shape index (κ2) is 7.19. The number of nitrogens with zero attached hydrogens (tertiary/aromatic N) is 3. The highest BCUT2D eigenvalue weighted by Crippen LogP contribution is 2.23. The van der Waals surface area contributed by atoms with Crippen molar-refractivity contribution in [3.05, 3.63) is 54.0 Å². The summed E-state index contributed by atoms with van der Waals surface area (Å²) < 4.78 is 11.7. The Hall–Kier alpha value is -2.47. The number of aromatic nitrogens is 2. The Morgan fingerprint density at radius 3 is 2.96 bits per heavy atom. The van der Waals surface area contributed by atoms with Crippen molar-refractivity contribution < 1.29 is 14.3 Å². The van der Waals surface area contributed by atoms with Crippen LogP contribution in [-0.2, 0) is 22.6 Å². The monoisotopic (exact) mass is 339 g/mol. The number of ether oxygens (including phenoxy) is 2. The Labute approximate surface area is 146 Å². The Morgan fingerprint density at radius 2 is 2.12 bits per heavy atom. The zero-order chi connectivity index (χ0) is 17.1. The fourth-order valence-corrected chi connectivity index (χ4v) is 3.46. The molecule has 2 atom stereocenters. The fourth-order valence-electron chi connectivity index (χ4n) is 3.46. The molecule has 25 heavy (non-hydrogen) atoms. The predicted octanol–water partition coefficient (Wildman–Crippen LogP) is 1.99. The van der Waals surface area contributed by atoms with Gasteiger partial charge in [0.05, 0.1) is 19.3 Å². The molecule has 1 saturated heterocycles. The molecule has 6 heteroatoms. The second-order valence-electron chi connectivity index (χ2n) is 6.48. The first kappa shape index (κ1) is 16.0. The summed E-state index contributed by atoms with van der Waals surface area (Å²) >= 11 is 0. The van der Waals surface area contributed by atoms with Gasteiger partial charge in [-0.15, -0.1) is 0 Å². The van der Waals surface area contributed by atoms with Gasteiger partial charge in [0.25, 0.3) is 5.91 Å². The molecule has 130 valence electrons. The minimum absolute atomic E-state index is 0.0507. The smallest absolute Gasteiger partial charge is 0.252 e. The van der Waals surface area contributed by atoms with Crippen LogP contribution in [0.5, 0.6) is 5.88 Å². The van der Waals surface area contributed by atoms with Gasteiger partial charge < -0.3 is 14.4 Å². The molecule has 6 nitrogen and oxygen atoms in total. The molecule has 0 saturated carbocycles. The minimum Gasteiger partial charge on any atom is -0.471 e. The van der Waals surface area contributed by atoms with E-state index >= 15 is 0 Å². The molecule has 1 fully saturated rings. The number of hydrogen-bond acceptors (Lipinski definition) is 5. The van der Waals surface area contributed by atoms with Gasteiger partial charge in [0, 0.05) is 25.4 Å². The van der Waals surface area contributed by atoms with Crippen molar-refractivity contribution in [3.63, 3.8) is 0 Å². The number of likely N-dealkylation sites (tertiary alicyclic amines) is 1. The summed E-state index contributed by atoms with van der Waals surface area (Å²) in [5.41, 5.74) is 2.38. The van der Waals surface area contributed by atoms with Crippen LogP contribution in [0.15, 0.2) is 42.9 Å². The molecule has 2 aliphatic rings. The fraction of sp³-hybridized carbons (Fsp3) is 0.421. The normalized spacial score (nSPS) is 23.0. The maximum atomic E-state index is 12.9. The Morgan fingerprint density at radius 1 is 1.24 bits per heavy atom. The number of benzene rings is 1. The molecule has 2 aromatic rings. The van der Waals surface area contributed by atoms with E-state index in [1.165, 1.54) is 11.1 Å². The lowest BCUT2D eigenvalue weighted by molar-refractivity contribution is -0.148. The number of fused-ring (bicyclic) bond motifs is 1. The third-order valence-corrected chi connectivity index (χ3v) is 4.76. The van der Waals surface area contributed by atoms with Gasteiger partial charge >= 0.3 is 0 Å². The minimum atomic E-state index is -0.398. The van der Waals surface area contributed by atoms with Crippen LogP contribution in [0.3, 0.4) is 0 Å². The van der Waals surface area contributed by atoms with Crippen molar-refractivity contribution in [1.82, 2.24) is 14.9 Å². The number of amides is 1. The van der Waals surface area contributed by atoms with Crippen molar-refractivity contribution in [3.8, 4) is 5.88 Å². The van der Waals surface area contributed by atoms with Crippen molar-refractivity contribution in [2.45, 2.75) is 38.1 Å². The first-order valence-corrected chi connectivity index (χ1v) is 8.69. The Balaban J connectivity index is 1.39. The van der Waals surface area contributed by atoms with Crippen LogP contribution >= 0.6 is 0 Å². The van der Waals surface area contributed by atoms with E-state index in [4.69, 9.17) is 9.47 Å². The number of hydrogen-bond donors (Lipinski definition) is 0. The van der Waals surface area contributed by atoms with Crippen LogP contribution < -0.4 is 4.74 Å². The van der Waals surface area contributed by atoms with Gasteiger partial charge in [0.2, 0.25) is 5.88 Å². The highest BCUT2D eigenvalue weighted by Gasteiger charge is 2.32. The molecule has 3 heterocycles. The average molecular weight is 339 g/mol. The first-order chi connectivity index (χ1) is 12.3. The van der Waals surface area contributed by atoms with E-state index in [9.17, 15) is 4.79 Å². The van der Waals surface area contributed by atoms with Crippen molar-refractivity contribution in [1.29, 1.82) is 0 Å². The largest absolute Gasteiger partial charge is 0.471 e. The molecule has 0 N–H and O–H groups in total. The van der Waals surface area contributed by atoms with Crippen LogP contribution in [-0.4, -0.2) is 46.1 Å². The molecule has 2 aliphatic heterocycles. The summed E-state index contributed by atoms with van der Waals surface area (Å²) in [7, 11) is 0. The average Bonchev–Trinajstić information content (AvgIpc) is 2.68. The molecule has 0 aliphatic carbocycles. The van der Waals surface area contributed by atoms with Gasteiger partial charge in [-0.1, -0.05) is 24.3 Å². The number of piperidine rings is 1. The lowest BCUT2D eigenvalue weighted by atomic mass is 9.98. The molecule has 4 rings (SSSR count). The van der Waals surface area contributed by atoms with Crippen LogP contribution in [0.2, 0.25) is 0 Å². The third kappa shape index (κ3) is 3.64. The topological polar surface area (TPSA) is 64.5 Å². The Bertz CT molecular complexity index is 738. The van der Waals surface area contributed by atoms with E-state index in [-0.39, 0.29) is 12.0 Å². The second-order valence-corrected chi connectivity index (χ2v) is 6.48. The quantitative estimate of drug-likeness (QED) is 0.856. The summed E-state index contributed by atoms with van der Waals surface area (Å²) in [6.45, 7) is 1.82. The molecular formula is C19H21N3O3. The van der Waals surface area contributed by atoms with Gasteiger partial charge in [-0.25, -0.2) is 4.98 Å². The lowest BCUT2D eigenvalue weighted by Gasteiger charge is -2.35. The Kier molecular flexibility index (Phi) is 4.61. The van der Waals surface area contributed by atoms with Crippen molar-refractivity contribution >= 4 is 5.91 Å². The predicted molar refractivity (Wildman–Crippen MR) is 91.0 cm³/mol.